The van der Waals surface area contributed by atoms with Gasteiger partial charge in [-0.05, 0) is 29.8 Å². The second-order valence-corrected chi connectivity index (χ2v) is 8.59. The highest BCUT2D eigenvalue weighted by Gasteiger charge is 2.36. The summed E-state index contributed by atoms with van der Waals surface area (Å²) in [6, 6.07) is 11.0. The molecule has 0 bridgehead atoms. The second-order valence-electron chi connectivity index (χ2n) is 6.60. The maximum atomic E-state index is 12.9. The maximum absolute atomic E-state index is 12.9. The fourth-order valence-corrected chi connectivity index (χ4v) is 4.61. The van der Waals surface area contributed by atoms with E-state index in [0.29, 0.717) is 17.1 Å². The van der Waals surface area contributed by atoms with Crippen LogP contribution in [-0.4, -0.2) is 47.5 Å². The molecule has 10 heteroatoms. The Bertz CT molecular complexity index is 1130. The van der Waals surface area contributed by atoms with Crippen LogP contribution in [0.15, 0.2) is 64.7 Å². The van der Waals surface area contributed by atoms with E-state index in [-0.39, 0.29) is 16.2 Å². The Morgan fingerprint density at radius 2 is 1.68 bits per heavy atom. The minimum absolute atomic E-state index is 0.0196. The Morgan fingerprint density at radius 1 is 1.00 bits per heavy atom. The number of carbonyl (C=O) groups is 2. The van der Waals surface area contributed by atoms with Gasteiger partial charge in [-0.2, -0.15) is 0 Å². The van der Waals surface area contributed by atoms with E-state index >= 15 is 0 Å². The van der Waals surface area contributed by atoms with Gasteiger partial charge in [0.1, 0.15) is 0 Å². The van der Waals surface area contributed by atoms with Crippen molar-refractivity contribution >= 4 is 21.8 Å². The third kappa shape index (κ3) is 4.64. The van der Waals surface area contributed by atoms with Gasteiger partial charge in [0.15, 0.2) is 21.3 Å². The molecule has 0 aromatic heterocycles. The summed E-state index contributed by atoms with van der Waals surface area (Å²) in [5.41, 5.74) is 0.413. The quantitative estimate of drug-likeness (QED) is 0.624. The van der Waals surface area contributed by atoms with Crippen LogP contribution >= 0.6 is 0 Å². The van der Waals surface area contributed by atoms with Crippen molar-refractivity contribution in [3.05, 3.63) is 65.4 Å². The summed E-state index contributed by atoms with van der Waals surface area (Å²) in [6.07, 6.45) is 0. The van der Waals surface area contributed by atoms with Crippen LogP contribution < -0.4 is 20.1 Å². The largest absolute Gasteiger partial charge is 0.493 e. The van der Waals surface area contributed by atoms with Crippen LogP contribution in [0.4, 0.5) is 4.79 Å². The van der Waals surface area contributed by atoms with Crippen molar-refractivity contribution in [2.45, 2.75) is 10.9 Å². The summed E-state index contributed by atoms with van der Waals surface area (Å²) in [7, 11) is 0.280. The average molecular weight is 446 g/mol. The zero-order valence-corrected chi connectivity index (χ0v) is 18.0. The fourth-order valence-electron chi connectivity index (χ4n) is 3.27. The molecule has 0 saturated carbocycles. The monoisotopic (exact) mass is 446 g/mol. The molecule has 0 unspecified atom stereocenters. The maximum Gasteiger partial charge on any atom is 0.338 e. The van der Waals surface area contributed by atoms with Crippen molar-refractivity contribution < 1.29 is 32.2 Å². The molecule has 31 heavy (non-hydrogen) atoms. The number of hydrogen-bond donors (Lipinski definition) is 2. The average Bonchev–Trinajstić information content (AvgIpc) is 2.78. The molecular weight excluding hydrogens is 424 g/mol. The summed E-state index contributed by atoms with van der Waals surface area (Å²) >= 11 is 0. The van der Waals surface area contributed by atoms with E-state index in [1.807, 2.05) is 0 Å². The molecular formula is C21H22N2O7S. The third-order valence-corrected chi connectivity index (χ3v) is 6.40. The molecule has 0 saturated heterocycles. The van der Waals surface area contributed by atoms with Gasteiger partial charge in [-0.1, -0.05) is 24.3 Å². The van der Waals surface area contributed by atoms with Gasteiger partial charge in [0, 0.05) is 5.70 Å². The Morgan fingerprint density at radius 3 is 2.29 bits per heavy atom. The van der Waals surface area contributed by atoms with Crippen LogP contribution in [0.25, 0.3) is 0 Å². The molecule has 2 amide bonds. The van der Waals surface area contributed by atoms with E-state index in [4.69, 9.17) is 14.2 Å². The number of methoxy groups -OCH3 is 3. The second kappa shape index (κ2) is 9.09. The lowest BCUT2D eigenvalue weighted by molar-refractivity contribution is -0.136. The minimum Gasteiger partial charge on any atom is -0.493 e. The van der Waals surface area contributed by atoms with Gasteiger partial charge in [-0.25, -0.2) is 18.0 Å². The highest BCUT2D eigenvalue weighted by molar-refractivity contribution is 7.91. The SMILES string of the molecule is COC(=O)C1=C(CS(=O)(=O)c2ccccc2)NC(=O)N[C@@H]1c1ccc(OC)c(OC)c1. The fraction of sp³-hybridized carbons (Fsp3) is 0.238. The first kappa shape index (κ1) is 22.2. The van der Waals surface area contributed by atoms with Crippen molar-refractivity contribution in [3.63, 3.8) is 0 Å². The van der Waals surface area contributed by atoms with Crippen LogP contribution in [0.5, 0.6) is 11.5 Å². The summed E-state index contributed by atoms with van der Waals surface area (Å²) in [5, 5.41) is 5.09. The molecule has 1 aliphatic rings. The zero-order valence-electron chi connectivity index (χ0n) is 17.2. The lowest BCUT2D eigenvalue weighted by Crippen LogP contribution is -2.47. The summed E-state index contributed by atoms with van der Waals surface area (Å²) in [5.74, 6) is -0.512. The van der Waals surface area contributed by atoms with Gasteiger partial charge in [-0.15, -0.1) is 0 Å². The summed E-state index contributed by atoms with van der Waals surface area (Å²) in [4.78, 5) is 25.1. The number of ether oxygens (including phenoxy) is 3. The van der Waals surface area contributed by atoms with E-state index < -0.39 is 33.6 Å². The van der Waals surface area contributed by atoms with Crippen LogP contribution in [0.3, 0.4) is 0 Å². The normalized spacial score (nSPS) is 16.2. The van der Waals surface area contributed by atoms with Crippen LogP contribution in [0.2, 0.25) is 0 Å². The van der Waals surface area contributed by atoms with Crippen LogP contribution in [0, 0.1) is 0 Å². The molecule has 2 N–H and O–H groups in total. The van der Waals surface area contributed by atoms with Crippen molar-refractivity contribution in [2.24, 2.45) is 0 Å². The van der Waals surface area contributed by atoms with E-state index in [9.17, 15) is 18.0 Å². The first-order valence-electron chi connectivity index (χ1n) is 9.19. The molecule has 2 aromatic rings. The number of amides is 2. The Hall–Kier alpha value is -3.53. The molecule has 0 fully saturated rings. The molecule has 0 aliphatic carbocycles. The molecule has 1 heterocycles. The van der Waals surface area contributed by atoms with Gasteiger partial charge in [0.05, 0.1) is 43.6 Å². The lowest BCUT2D eigenvalue weighted by atomic mass is 9.95. The van der Waals surface area contributed by atoms with Gasteiger partial charge in [0.25, 0.3) is 0 Å². The van der Waals surface area contributed by atoms with Gasteiger partial charge in [-0.3, -0.25) is 0 Å². The first-order chi connectivity index (χ1) is 14.8. The van der Waals surface area contributed by atoms with Crippen molar-refractivity contribution in [3.8, 4) is 11.5 Å². The highest BCUT2D eigenvalue weighted by atomic mass is 32.2. The Labute approximate surface area is 179 Å². The molecule has 164 valence electrons. The van der Waals surface area contributed by atoms with E-state index in [1.54, 1.807) is 36.4 Å². The number of benzene rings is 2. The number of esters is 1. The smallest absolute Gasteiger partial charge is 0.338 e. The van der Waals surface area contributed by atoms with Crippen molar-refractivity contribution in [2.75, 3.05) is 27.1 Å². The highest BCUT2D eigenvalue weighted by Crippen LogP contribution is 2.34. The minimum atomic E-state index is -3.84. The van der Waals surface area contributed by atoms with Gasteiger partial charge >= 0.3 is 12.0 Å². The predicted molar refractivity (Wildman–Crippen MR) is 111 cm³/mol. The number of hydrogen-bond acceptors (Lipinski definition) is 7. The van der Waals surface area contributed by atoms with Gasteiger partial charge < -0.3 is 24.8 Å². The standard InChI is InChI=1S/C21H22N2O7S/c1-28-16-10-9-13(11-17(16)29-2)19-18(20(24)30-3)15(22-21(25)23-19)12-31(26,27)14-7-5-4-6-8-14/h4-11,19H,12H2,1-3H3,(H2,22,23,25)/t19-/m1/s1. The summed E-state index contributed by atoms with van der Waals surface area (Å²) in [6.45, 7) is 0. The first-order valence-corrected chi connectivity index (χ1v) is 10.8. The molecule has 1 atom stereocenters. The van der Waals surface area contributed by atoms with E-state index in [1.165, 1.54) is 33.5 Å². The van der Waals surface area contributed by atoms with E-state index in [0.717, 1.165) is 0 Å². The van der Waals surface area contributed by atoms with E-state index in [2.05, 4.69) is 10.6 Å². The molecule has 9 nitrogen and oxygen atoms in total. The number of urea groups is 1. The van der Waals surface area contributed by atoms with Crippen molar-refractivity contribution in [1.82, 2.24) is 10.6 Å². The van der Waals surface area contributed by atoms with Crippen LogP contribution in [-0.2, 0) is 19.4 Å². The number of nitrogens with one attached hydrogen (secondary N) is 2. The van der Waals surface area contributed by atoms with Gasteiger partial charge in [0.2, 0.25) is 0 Å². The Balaban J connectivity index is 2.11. The zero-order chi connectivity index (χ0) is 22.6. The molecule has 0 spiro atoms. The predicted octanol–water partition coefficient (Wildman–Crippen LogP) is 1.96. The van der Waals surface area contributed by atoms with Crippen LogP contribution in [0.1, 0.15) is 11.6 Å². The molecule has 3 rings (SSSR count). The third-order valence-electron chi connectivity index (χ3n) is 4.74. The number of sulfone groups is 1. The van der Waals surface area contributed by atoms with Crippen molar-refractivity contribution in [1.29, 1.82) is 0 Å². The number of rotatable bonds is 7. The number of carbonyl (C=O) groups excluding carboxylic acids is 2. The Kier molecular flexibility index (Phi) is 6.50. The molecule has 1 aliphatic heterocycles. The molecule has 2 aromatic carbocycles. The molecule has 0 radical (unpaired) electrons. The lowest BCUT2D eigenvalue weighted by Gasteiger charge is -2.29. The summed E-state index contributed by atoms with van der Waals surface area (Å²) < 4.78 is 41.2. The topological polar surface area (TPSA) is 120 Å².